The summed E-state index contributed by atoms with van der Waals surface area (Å²) < 4.78 is 5.99. The van der Waals surface area contributed by atoms with E-state index < -0.39 is 5.21 Å². The van der Waals surface area contributed by atoms with E-state index in [9.17, 15) is 4.79 Å². The number of benzene rings is 1. The summed E-state index contributed by atoms with van der Waals surface area (Å²) in [5.74, 6) is -0.168. The Bertz CT molecular complexity index is 579. The van der Waals surface area contributed by atoms with Crippen LogP contribution >= 0.6 is 0 Å². The average Bonchev–Trinajstić information content (AvgIpc) is 2.80. The van der Waals surface area contributed by atoms with Crippen LogP contribution in [0.1, 0.15) is 30.6 Å². The van der Waals surface area contributed by atoms with Gasteiger partial charge in [-0.05, 0) is 30.2 Å². The highest BCUT2D eigenvalue weighted by atomic mass is 16.5. The third-order valence-corrected chi connectivity index (χ3v) is 4.63. The summed E-state index contributed by atoms with van der Waals surface area (Å²) in [5, 5.41) is 1.82. The molecule has 113 valence electrons. The molecule has 2 atom stereocenters. The molecule has 0 saturated carbocycles. The molecule has 0 spiro atoms. The molecule has 1 amide bonds. The number of carbonyl (C=O) groups is 1. The van der Waals surface area contributed by atoms with Crippen LogP contribution in [0.25, 0.3) is 0 Å². The monoisotopic (exact) mass is 295 g/mol. The zero-order valence-electron chi connectivity index (χ0n) is 13.3. The van der Waals surface area contributed by atoms with Crippen molar-refractivity contribution >= 4 is 26.7 Å². The molecular formula is C16H21B2N2O2. The van der Waals surface area contributed by atoms with Gasteiger partial charge in [0.2, 0.25) is 5.91 Å². The molecule has 1 aromatic rings. The van der Waals surface area contributed by atoms with Crippen LogP contribution in [-0.4, -0.2) is 52.2 Å². The molecule has 1 aromatic carbocycles. The number of anilines is 1. The van der Waals surface area contributed by atoms with Gasteiger partial charge in [0.25, 0.3) is 0 Å². The smallest absolute Gasteiger partial charge is 0.218 e. The number of ether oxygens (including phenoxy) is 1. The second kappa shape index (κ2) is 6.09. The zero-order chi connectivity index (χ0) is 15.7. The first-order chi connectivity index (χ1) is 10.6. The van der Waals surface area contributed by atoms with Crippen molar-refractivity contribution in [1.82, 2.24) is 4.90 Å². The number of morpholine rings is 1. The van der Waals surface area contributed by atoms with Gasteiger partial charge in [-0.25, -0.2) is 0 Å². The molecular weight excluding hydrogens is 274 g/mol. The maximum Gasteiger partial charge on any atom is 0.218 e. The number of fused-ring (bicyclic) bond motifs is 1. The molecule has 3 rings (SSSR count). The molecule has 2 aliphatic rings. The Labute approximate surface area is 134 Å². The second-order valence-electron chi connectivity index (χ2n) is 6.04. The number of carbonyl (C=O) groups excluding carboxylic acids is 1. The van der Waals surface area contributed by atoms with E-state index >= 15 is 0 Å². The fourth-order valence-electron chi connectivity index (χ4n) is 3.43. The average molecular weight is 295 g/mol. The standard InChI is InChI=1S/C16H21B2N2O2/c1-3-7-20-8-9-22-13(10-20)11-5-4-6-12-14(11)16(17,18-2)15(21)19-12/h4-6,13H,3,7-10H2,1-2H3,(H,19,21). The lowest BCUT2D eigenvalue weighted by Crippen LogP contribution is -2.42. The van der Waals surface area contributed by atoms with Gasteiger partial charge in [-0.1, -0.05) is 25.9 Å². The minimum Gasteiger partial charge on any atom is -0.371 e. The third kappa shape index (κ3) is 2.48. The molecule has 1 saturated heterocycles. The lowest BCUT2D eigenvalue weighted by atomic mass is 9.41. The zero-order valence-corrected chi connectivity index (χ0v) is 13.3. The van der Waals surface area contributed by atoms with E-state index in [4.69, 9.17) is 12.6 Å². The Kier molecular flexibility index (Phi) is 4.33. The van der Waals surface area contributed by atoms with Gasteiger partial charge < -0.3 is 10.1 Å². The highest BCUT2D eigenvalue weighted by Crippen LogP contribution is 2.41. The minimum atomic E-state index is -1.07. The molecule has 2 heterocycles. The molecule has 4 nitrogen and oxygen atoms in total. The van der Waals surface area contributed by atoms with Crippen molar-refractivity contribution in [2.24, 2.45) is 0 Å². The molecule has 22 heavy (non-hydrogen) atoms. The van der Waals surface area contributed by atoms with Gasteiger partial charge in [0, 0.05) is 24.0 Å². The van der Waals surface area contributed by atoms with E-state index in [1.807, 2.05) is 25.0 Å². The number of hydrogen-bond acceptors (Lipinski definition) is 3. The Morgan fingerprint density at radius 1 is 1.55 bits per heavy atom. The third-order valence-electron chi connectivity index (χ3n) is 4.63. The molecule has 0 aliphatic carbocycles. The van der Waals surface area contributed by atoms with Crippen LogP contribution in [0.15, 0.2) is 18.2 Å². The van der Waals surface area contributed by atoms with Crippen molar-refractivity contribution < 1.29 is 9.53 Å². The van der Waals surface area contributed by atoms with Gasteiger partial charge >= 0.3 is 0 Å². The summed E-state index contributed by atoms with van der Waals surface area (Å²) in [4.78, 5) is 14.7. The molecule has 2 unspecified atom stereocenters. The topological polar surface area (TPSA) is 41.6 Å². The normalized spacial score (nSPS) is 28.3. The summed E-state index contributed by atoms with van der Waals surface area (Å²) >= 11 is 0. The van der Waals surface area contributed by atoms with Gasteiger partial charge in [-0.15, -0.1) is 0 Å². The van der Waals surface area contributed by atoms with E-state index in [-0.39, 0.29) is 12.0 Å². The number of nitrogens with one attached hydrogen (secondary N) is 1. The SMILES string of the molecule is [B]C1([B]C)C(=O)Nc2cccc(C3CN(CCC)CCO3)c21. The van der Waals surface area contributed by atoms with Crippen LogP contribution in [-0.2, 0) is 14.7 Å². The predicted octanol–water partition coefficient (Wildman–Crippen LogP) is 1.50. The first-order valence-corrected chi connectivity index (χ1v) is 7.98. The Morgan fingerprint density at radius 2 is 2.36 bits per heavy atom. The van der Waals surface area contributed by atoms with E-state index in [1.165, 1.54) is 0 Å². The molecule has 2 aliphatic heterocycles. The van der Waals surface area contributed by atoms with Crippen LogP contribution in [0.3, 0.4) is 0 Å². The molecule has 1 N–H and O–H groups in total. The fourth-order valence-corrected chi connectivity index (χ4v) is 3.43. The summed E-state index contributed by atoms with van der Waals surface area (Å²) in [6.07, 6.45) is 1.09. The van der Waals surface area contributed by atoms with Crippen molar-refractivity contribution in [3.05, 3.63) is 29.3 Å². The Hall–Kier alpha value is -1.26. The largest absolute Gasteiger partial charge is 0.371 e. The summed E-state index contributed by atoms with van der Waals surface area (Å²) in [5.41, 5.74) is 2.70. The van der Waals surface area contributed by atoms with Crippen molar-refractivity contribution in [1.29, 1.82) is 0 Å². The molecule has 0 aromatic heterocycles. The van der Waals surface area contributed by atoms with E-state index in [2.05, 4.69) is 17.1 Å². The highest BCUT2D eigenvalue weighted by Gasteiger charge is 2.43. The number of nitrogens with zero attached hydrogens (tertiary/aromatic N) is 1. The lowest BCUT2D eigenvalue weighted by molar-refractivity contribution is -0.116. The van der Waals surface area contributed by atoms with Crippen molar-refractivity contribution in [3.8, 4) is 0 Å². The molecule has 0 bridgehead atoms. The Morgan fingerprint density at radius 3 is 3.09 bits per heavy atom. The summed E-state index contributed by atoms with van der Waals surface area (Å²) in [6.45, 7) is 7.60. The van der Waals surface area contributed by atoms with Gasteiger partial charge in [-0.3, -0.25) is 9.69 Å². The number of amides is 1. The quantitative estimate of drug-likeness (QED) is 0.856. The van der Waals surface area contributed by atoms with Gasteiger partial charge in [0.1, 0.15) is 7.28 Å². The van der Waals surface area contributed by atoms with Crippen molar-refractivity contribution in [2.45, 2.75) is 31.5 Å². The van der Waals surface area contributed by atoms with Crippen LogP contribution in [0.5, 0.6) is 0 Å². The van der Waals surface area contributed by atoms with Crippen molar-refractivity contribution in [2.75, 3.05) is 31.6 Å². The van der Waals surface area contributed by atoms with Crippen LogP contribution in [0.4, 0.5) is 5.69 Å². The van der Waals surface area contributed by atoms with E-state index in [0.717, 1.165) is 42.9 Å². The molecule has 1 fully saturated rings. The molecule has 6 heteroatoms. The van der Waals surface area contributed by atoms with Crippen LogP contribution in [0, 0.1) is 0 Å². The maximum absolute atomic E-state index is 12.3. The predicted molar refractivity (Wildman–Crippen MR) is 89.5 cm³/mol. The maximum atomic E-state index is 12.3. The number of hydrogen-bond donors (Lipinski definition) is 1. The minimum absolute atomic E-state index is 0.0363. The van der Waals surface area contributed by atoms with Gasteiger partial charge in [0.05, 0.1) is 20.6 Å². The summed E-state index contributed by atoms with van der Waals surface area (Å²) in [7, 11) is 8.15. The van der Waals surface area contributed by atoms with Crippen LogP contribution < -0.4 is 5.32 Å². The Balaban J connectivity index is 1.96. The lowest BCUT2D eigenvalue weighted by Gasteiger charge is -2.35. The van der Waals surface area contributed by atoms with Gasteiger partial charge in [-0.2, -0.15) is 0 Å². The van der Waals surface area contributed by atoms with Crippen LogP contribution in [0.2, 0.25) is 6.82 Å². The van der Waals surface area contributed by atoms with Crippen molar-refractivity contribution in [3.63, 3.8) is 0 Å². The second-order valence-corrected chi connectivity index (χ2v) is 6.04. The first kappa shape index (κ1) is 15.6. The summed E-state index contributed by atoms with van der Waals surface area (Å²) in [6, 6.07) is 5.89. The first-order valence-electron chi connectivity index (χ1n) is 7.98. The molecule has 3 radical (unpaired) electrons. The van der Waals surface area contributed by atoms with Gasteiger partial charge in [0.15, 0.2) is 0 Å². The van der Waals surface area contributed by atoms with E-state index in [1.54, 1.807) is 7.28 Å². The fraction of sp³-hybridized carbons (Fsp3) is 0.562. The van der Waals surface area contributed by atoms with E-state index in [0.29, 0.717) is 6.61 Å². The highest BCUT2D eigenvalue weighted by molar-refractivity contribution is 6.63. The number of rotatable bonds is 4.